The van der Waals surface area contributed by atoms with Crippen molar-refractivity contribution in [3.8, 4) is 0 Å². The van der Waals surface area contributed by atoms with E-state index in [4.69, 9.17) is 4.74 Å². The molecule has 7 heteroatoms. The van der Waals surface area contributed by atoms with Crippen LogP contribution in [-0.2, 0) is 14.3 Å². The highest BCUT2D eigenvalue weighted by atomic mass is 16.6. The molecule has 38 heavy (non-hydrogen) atoms. The number of unbranched alkanes of at least 4 members (excludes halogenated alkanes) is 6. The van der Waals surface area contributed by atoms with Gasteiger partial charge in [0.05, 0.1) is 0 Å². The van der Waals surface area contributed by atoms with Crippen LogP contribution in [0.15, 0.2) is 24.3 Å². The smallest absolute Gasteiger partial charge is 0.408 e. The Kier molecular flexibility index (Phi) is 15.1. The fourth-order valence-electron chi connectivity index (χ4n) is 4.41. The van der Waals surface area contributed by atoms with Crippen LogP contribution in [0.2, 0.25) is 0 Å². The maximum atomic E-state index is 14.2. The largest absolute Gasteiger partial charge is 0.444 e. The molecule has 2 atom stereocenters. The molecule has 1 aromatic rings. The van der Waals surface area contributed by atoms with Crippen molar-refractivity contribution >= 4 is 17.9 Å². The Labute approximate surface area is 231 Å². The van der Waals surface area contributed by atoms with Crippen LogP contribution in [-0.4, -0.2) is 47.5 Å². The summed E-state index contributed by atoms with van der Waals surface area (Å²) in [5.74, 6) is -0.641. The number of benzene rings is 1. The molecule has 0 bridgehead atoms. The van der Waals surface area contributed by atoms with E-state index in [1.165, 1.54) is 0 Å². The van der Waals surface area contributed by atoms with Crippen LogP contribution in [0.25, 0.3) is 0 Å². The lowest BCUT2D eigenvalue weighted by molar-refractivity contribution is -0.143. The predicted molar refractivity (Wildman–Crippen MR) is 155 cm³/mol. The number of carbonyl (C=O) groups excluding carboxylic acids is 3. The lowest BCUT2D eigenvalue weighted by Crippen LogP contribution is -2.55. The third-order valence-corrected chi connectivity index (χ3v) is 6.51. The monoisotopic (exact) mass is 531 g/mol. The molecule has 1 rings (SSSR count). The molecule has 2 N–H and O–H groups in total. The molecule has 0 aliphatic carbocycles. The highest BCUT2D eigenvalue weighted by Gasteiger charge is 2.37. The zero-order valence-corrected chi connectivity index (χ0v) is 25.2. The second-order valence-corrected chi connectivity index (χ2v) is 11.6. The predicted octanol–water partition coefficient (Wildman–Crippen LogP) is 6.69. The van der Waals surface area contributed by atoms with Crippen LogP contribution in [0.1, 0.15) is 117 Å². The number of ether oxygens (including phenoxy) is 1. The van der Waals surface area contributed by atoms with E-state index in [1.54, 1.807) is 25.7 Å². The van der Waals surface area contributed by atoms with Gasteiger partial charge < -0.3 is 20.3 Å². The maximum absolute atomic E-state index is 14.2. The number of hydrogen-bond acceptors (Lipinski definition) is 4. The van der Waals surface area contributed by atoms with E-state index in [-0.39, 0.29) is 17.7 Å². The van der Waals surface area contributed by atoms with Crippen molar-refractivity contribution in [2.24, 2.45) is 5.92 Å². The van der Waals surface area contributed by atoms with Gasteiger partial charge in [0.2, 0.25) is 11.8 Å². The van der Waals surface area contributed by atoms with Crippen molar-refractivity contribution in [2.45, 2.75) is 124 Å². The molecule has 0 fully saturated rings. The summed E-state index contributed by atoms with van der Waals surface area (Å²) >= 11 is 0. The van der Waals surface area contributed by atoms with Crippen LogP contribution in [0.5, 0.6) is 0 Å². The van der Waals surface area contributed by atoms with E-state index in [0.29, 0.717) is 13.1 Å². The number of carbonyl (C=O) groups is 3. The first-order chi connectivity index (χ1) is 17.9. The van der Waals surface area contributed by atoms with Gasteiger partial charge >= 0.3 is 6.09 Å². The molecule has 216 valence electrons. The molecule has 3 amide bonds. The fraction of sp³-hybridized carbons (Fsp3) is 0.710. The molecule has 0 aliphatic rings. The zero-order chi connectivity index (χ0) is 28.7. The second-order valence-electron chi connectivity index (χ2n) is 11.6. The van der Waals surface area contributed by atoms with Crippen LogP contribution >= 0.6 is 0 Å². The average molecular weight is 532 g/mol. The normalized spacial score (nSPS) is 13.1. The SMILES string of the molecule is CCCCCCCN(C(=O)C(NC(=O)OC(C)(C)C)C(C)C)C(C(=O)NCCCCC)c1ccccc1C. The van der Waals surface area contributed by atoms with Crippen molar-refractivity contribution < 1.29 is 19.1 Å². The summed E-state index contributed by atoms with van der Waals surface area (Å²) in [6.45, 7) is 16.4. The van der Waals surface area contributed by atoms with Crippen molar-refractivity contribution in [3.63, 3.8) is 0 Å². The number of nitrogens with zero attached hydrogens (tertiary/aromatic N) is 1. The summed E-state index contributed by atoms with van der Waals surface area (Å²) in [6, 6.07) is 6.14. The van der Waals surface area contributed by atoms with E-state index in [2.05, 4.69) is 24.5 Å². The van der Waals surface area contributed by atoms with E-state index >= 15 is 0 Å². The Morgan fingerprint density at radius 2 is 1.53 bits per heavy atom. The first kappa shape index (κ1) is 33.5. The average Bonchev–Trinajstić information content (AvgIpc) is 2.83. The van der Waals surface area contributed by atoms with E-state index in [1.807, 2.05) is 45.0 Å². The summed E-state index contributed by atoms with van der Waals surface area (Å²) < 4.78 is 5.46. The number of aryl methyl sites for hydroxylation is 1. The van der Waals surface area contributed by atoms with Crippen molar-refractivity contribution in [1.29, 1.82) is 0 Å². The lowest BCUT2D eigenvalue weighted by atomic mass is 9.95. The minimum Gasteiger partial charge on any atom is -0.444 e. The molecule has 2 unspecified atom stereocenters. The molecule has 0 heterocycles. The highest BCUT2D eigenvalue weighted by Crippen LogP contribution is 2.27. The van der Waals surface area contributed by atoms with Crippen LogP contribution < -0.4 is 10.6 Å². The van der Waals surface area contributed by atoms with Gasteiger partial charge in [-0.15, -0.1) is 0 Å². The lowest BCUT2D eigenvalue weighted by Gasteiger charge is -2.36. The summed E-state index contributed by atoms with van der Waals surface area (Å²) in [6.07, 6.45) is 7.46. The standard InChI is InChI=1S/C31H53N3O4/c1-9-11-13-14-18-22-34(29(36)26(23(3)4)33-30(37)38-31(6,7)8)27(25-20-16-15-19-24(25)5)28(35)32-21-17-12-10-2/h15-16,19-20,23,26-27H,9-14,17-18,21-22H2,1-8H3,(H,32,35)(H,33,37). The molecule has 0 aromatic heterocycles. The first-order valence-corrected chi connectivity index (χ1v) is 14.6. The highest BCUT2D eigenvalue weighted by molar-refractivity contribution is 5.92. The number of alkyl carbamates (subject to hydrolysis) is 1. The molecule has 0 saturated heterocycles. The topological polar surface area (TPSA) is 87.7 Å². The summed E-state index contributed by atoms with van der Waals surface area (Å²) in [5, 5.41) is 5.88. The van der Waals surface area contributed by atoms with Gasteiger partial charge in [-0.05, 0) is 57.6 Å². The summed E-state index contributed by atoms with van der Waals surface area (Å²) in [4.78, 5) is 42.3. The minimum absolute atomic E-state index is 0.183. The minimum atomic E-state index is -0.820. The van der Waals surface area contributed by atoms with Gasteiger partial charge in [0.1, 0.15) is 17.7 Å². The van der Waals surface area contributed by atoms with Crippen molar-refractivity contribution in [2.75, 3.05) is 13.1 Å². The quantitative estimate of drug-likeness (QED) is 0.233. The van der Waals surface area contributed by atoms with Crippen LogP contribution in [0, 0.1) is 12.8 Å². The Hall–Kier alpha value is -2.57. The maximum Gasteiger partial charge on any atom is 0.408 e. The third kappa shape index (κ3) is 11.9. The molecule has 7 nitrogen and oxygen atoms in total. The van der Waals surface area contributed by atoms with E-state index < -0.39 is 23.8 Å². The molecular weight excluding hydrogens is 478 g/mol. The van der Waals surface area contributed by atoms with Gasteiger partial charge in [0.15, 0.2) is 0 Å². The summed E-state index contributed by atoms with van der Waals surface area (Å²) in [7, 11) is 0. The Morgan fingerprint density at radius 1 is 0.921 bits per heavy atom. The number of amides is 3. The molecular formula is C31H53N3O4. The van der Waals surface area contributed by atoms with Crippen LogP contribution in [0.3, 0.4) is 0 Å². The van der Waals surface area contributed by atoms with Crippen LogP contribution in [0.4, 0.5) is 4.79 Å². The fourth-order valence-corrected chi connectivity index (χ4v) is 4.41. The summed E-state index contributed by atoms with van der Waals surface area (Å²) in [5.41, 5.74) is 1.07. The number of hydrogen-bond donors (Lipinski definition) is 2. The number of rotatable bonds is 16. The molecule has 0 spiro atoms. The Morgan fingerprint density at radius 3 is 2.11 bits per heavy atom. The van der Waals surface area contributed by atoms with E-state index in [0.717, 1.165) is 62.5 Å². The zero-order valence-electron chi connectivity index (χ0n) is 25.2. The number of nitrogens with one attached hydrogen (secondary N) is 2. The van der Waals surface area contributed by atoms with Gasteiger partial charge in [0, 0.05) is 13.1 Å². The van der Waals surface area contributed by atoms with Gasteiger partial charge in [-0.25, -0.2) is 4.79 Å². The molecule has 0 aliphatic heterocycles. The van der Waals surface area contributed by atoms with Crippen molar-refractivity contribution in [3.05, 3.63) is 35.4 Å². The Balaban J connectivity index is 3.40. The van der Waals surface area contributed by atoms with Gasteiger partial charge in [-0.3, -0.25) is 9.59 Å². The van der Waals surface area contributed by atoms with E-state index in [9.17, 15) is 14.4 Å². The third-order valence-electron chi connectivity index (χ3n) is 6.51. The van der Waals surface area contributed by atoms with Gasteiger partial charge in [0.25, 0.3) is 0 Å². The molecule has 0 saturated carbocycles. The van der Waals surface area contributed by atoms with Gasteiger partial charge in [-0.1, -0.05) is 90.5 Å². The van der Waals surface area contributed by atoms with Gasteiger partial charge in [-0.2, -0.15) is 0 Å². The second kappa shape index (κ2) is 17.1. The Bertz CT molecular complexity index is 863. The first-order valence-electron chi connectivity index (χ1n) is 14.6. The van der Waals surface area contributed by atoms with Crippen molar-refractivity contribution in [1.82, 2.24) is 15.5 Å². The molecule has 1 aromatic carbocycles. The molecule has 0 radical (unpaired) electrons.